The molecule has 3 nitrogen and oxygen atoms in total. The highest BCUT2D eigenvalue weighted by Crippen LogP contribution is 2.18. The summed E-state index contributed by atoms with van der Waals surface area (Å²) in [4.78, 5) is 2.16. The van der Waals surface area contributed by atoms with Gasteiger partial charge in [0.25, 0.3) is 0 Å². The van der Waals surface area contributed by atoms with Crippen molar-refractivity contribution in [1.29, 1.82) is 0 Å². The third-order valence-electron chi connectivity index (χ3n) is 3.21. The summed E-state index contributed by atoms with van der Waals surface area (Å²) in [5.41, 5.74) is 2.27. The summed E-state index contributed by atoms with van der Waals surface area (Å²) in [5.74, 6) is 0. The molecule has 1 aromatic rings. The maximum absolute atomic E-state index is 5.50. The average Bonchev–Trinajstić information content (AvgIpc) is 2.89. The maximum atomic E-state index is 5.50. The first kappa shape index (κ1) is 14.5. The zero-order valence-electron chi connectivity index (χ0n) is 11.3. The quantitative estimate of drug-likeness (QED) is 0.785. The molecule has 0 fully saturated rings. The lowest BCUT2D eigenvalue weighted by Gasteiger charge is -2.26. The van der Waals surface area contributed by atoms with Crippen LogP contribution in [-0.4, -0.2) is 40.4 Å². The number of benzene rings is 1. The molecular weight excluding hydrogens is 322 g/mol. The fraction of sp³-hybridized carbons (Fsp3) is 0.429. The largest absolute Gasteiger partial charge is 0.348 e. The minimum atomic E-state index is 0.829. The minimum absolute atomic E-state index is 0.829. The minimum Gasteiger partial charge on any atom is -0.348 e. The average molecular weight is 340 g/mol. The van der Waals surface area contributed by atoms with Crippen molar-refractivity contribution >= 4 is 39.0 Å². The molecular formula is C14H18BrN3S. The van der Waals surface area contributed by atoms with Gasteiger partial charge >= 0.3 is 0 Å². The number of hydrazone groups is 1. The van der Waals surface area contributed by atoms with Gasteiger partial charge < -0.3 is 4.90 Å². The lowest BCUT2D eigenvalue weighted by atomic mass is 10.1. The number of nitrogens with zero attached hydrogens (tertiary/aromatic N) is 3. The summed E-state index contributed by atoms with van der Waals surface area (Å²) in [5, 5.41) is 7.43. The molecule has 1 aromatic carbocycles. The van der Waals surface area contributed by atoms with Crippen molar-refractivity contribution in [2.24, 2.45) is 5.10 Å². The Labute approximate surface area is 128 Å². The van der Waals surface area contributed by atoms with Gasteiger partial charge in [0.1, 0.15) is 0 Å². The summed E-state index contributed by atoms with van der Waals surface area (Å²) < 4.78 is 1.08. The summed E-state index contributed by atoms with van der Waals surface area (Å²) >= 11 is 8.99. The monoisotopic (exact) mass is 339 g/mol. The van der Waals surface area contributed by atoms with Gasteiger partial charge in [-0.2, -0.15) is 5.10 Å². The van der Waals surface area contributed by atoms with Crippen LogP contribution in [0.1, 0.15) is 25.8 Å². The Hall–Kier alpha value is -0.940. The molecule has 0 aliphatic carbocycles. The van der Waals surface area contributed by atoms with E-state index in [1.54, 1.807) is 0 Å². The highest BCUT2D eigenvalue weighted by atomic mass is 79.9. The Bertz CT molecular complexity index is 497. The molecule has 19 heavy (non-hydrogen) atoms. The van der Waals surface area contributed by atoms with E-state index in [0.29, 0.717) is 0 Å². The first-order valence-electron chi connectivity index (χ1n) is 6.55. The number of halogens is 1. The van der Waals surface area contributed by atoms with Gasteiger partial charge in [-0.25, -0.2) is 5.01 Å². The molecule has 0 saturated heterocycles. The van der Waals surface area contributed by atoms with E-state index < -0.39 is 0 Å². The zero-order valence-corrected chi connectivity index (χ0v) is 13.7. The Morgan fingerprint density at radius 3 is 2.79 bits per heavy atom. The van der Waals surface area contributed by atoms with Crippen LogP contribution in [0.3, 0.4) is 0 Å². The second kappa shape index (κ2) is 6.48. The molecule has 102 valence electrons. The third-order valence-corrected chi connectivity index (χ3v) is 4.18. The fourth-order valence-electron chi connectivity index (χ4n) is 2.12. The van der Waals surface area contributed by atoms with Crippen LogP contribution in [0.4, 0.5) is 0 Å². The first-order chi connectivity index (χ1) is 9.15. The van der Waals surface area contributed by atoms with Crippen molar-refractivity contribution < 1.29 is 0 Å². The van der Waals surface area contributed by atoms with E-state index in [9.17, 15) is 0 Å². The van der Waals surface area contributed by atoms with Crippen molar-refractivity contribution in [2.45, 2.75) is 20.3 Å². The van der Waals surface area contributed by atoms with E-state index in [-0.39, 0.29) is 0 Å². The smallest absolute Gasteiger partial charge is 0.192 e. The fourth-order valence-corrected chi connectivity index (χ4v) is 2.91. The molecule has 0 N–H and O–H groups in total. The van der Waals surface area contributed by atoms with Gasteiger partial charge in [0.15, 0.2) is 5.11 Å². The summed E-state index contributed by atoms with van der Waals surface area (Å²) in [6.45, 7) is 6.95. The highest BCUT2D eigenvalue weighted by molar-refractivity contribution is 9.10. The SMILES string of the molecule is CCN(CC)C(=S)N1CCC(c2cccc(Br)c2)=N1. The topological polar surface area (TPSA) is 18.8 Å². The van der Waals surface area contributed by atoms with Gasteiger partial charge in [-0.15, -0.1) is 0 Å². The molecule has 0 aromatic heterocycles. The molecule has 5 heteroatoms. The van der Waals surface area contributed by atoms with E-state index in [4.69, 9.17) is 12.2 Å². The molecule has 1 aliphatic rings. The van der Waals surface area contributed by atoms with Crippen molar-refractivity contribution in [3.63, 3.8) is 0 Å². The number of hydrogen-bond acceptors (Lipinski definition) is 2. The standard InChI is InChI=1S/C14H18BrN3S/c1-3-17(4-2)14(19)18-9-8-13(16-18)11-6-5-7-12(15)10-11/h5-7,10H,3-4,8-9H2,1-2H3. The van der Waals surface area contributed by atoms with Crippen molar-refractivity contribution in [3.05, 3.63) is 34.3 Å². The molecule has 1 aliphatic heterocycles. The summed E-state index contributed by atoms with van der Waals surface area (Å²) in [6, 6.07) is 8.25. The van der Waals surface area contributed by atoms with E-state index >= 15 is 0 Å². The van der Waals surface area contributed by atoms with Crippen LogP contribution in [-0.2, 0) is 0 Å². The van der Waals surface area contributed by atoms with Gasteiger partial charge in [-0.3, -0.25) is 0 Å². The van der Waals surface area contributed by atoms with E-state index in [0.717, 1.165) is 41.4 Å². The molecule has 0 unspecified atom stereocenters. The van der Waals surface area contributed by atoms with E-state index in [1.165, 1.54) is 5.56 Å². The normalized spacial score (nSPS) is 14.5. The summed E-state index contributed by atoms with van der Waals surface area (Å²) in [7, 11) is 0. The lowest BCUT2D eigenvalue weighted by Crippen LogP contribution is -2.39. The molecule has 1 heterocycles. The molecule has 0 spiro atoms. The number of thiocarbonyl (C=S) groups is 1. The second-order valence-electron chi connectivity index (χ2n) is 4.39. The van der Waals surface area contributed by atoms with Gasteiger partial charge in [-0.1, -0.05) is 28.1 Å². The van der Waals surface area contributed by atoms with Crippen LogP contribution in [0.25, 0.3) is 0 Å². The molecule has 0 radical (unpaired) electrons. The maximum Gasteiger partial charge on any atom is 0.192 e. The van der Waals surface area contributed by atoms with Crippen LogP contribution in [0, 0.1) is 0 Å². The molecule has 0 saturated carbocycles. The lowest BCUT2D eigenvalue weighted by molar-refractivity contribution is 0.372. The predicted octanol–water partition coefficient (Wildman–Crippen LogP) is 3.49. The van der Waals surface area contributed by atoms with Crippen molar-refractivity contribution in [1.82, 2.24) is 9.91 Å². The Morgan fingerprint density at radius 1 is 1.42 bits per heavy atom. The van der Waals surface area contributed by atoms with Crippen LogP contribution < -0.4 is 0 Å². The van der Waals surface area contributed by atoms with Crippen molar-refractivity contribution in [2.75, 3.05) is 19.6 Å². The highest BCUT2D eigenvalue weighted by Gasteiger charge is 2.21. The Balaban J connectivity index is 2.15. The molecule has 0 atom stereocenters. The second-order valence-corrected chi connectivity index (χ2v) is 5.67. The first-order valence-corrected chi connectivity index (χ1v) is 7.75. The van der Waals surface area contributed by atoms with Gasteiger partial charge in [0, 0.05) is 30.5 Å². The zero-order chi connectivity index (χ0) is 13.8. The van der Waals surface area contributed by atoms with Gasteiger partial charge in [-0.05, 0) is 43.8 Å². The number of hydrogen-bond donors (Lipinski definition) is 0. The van der Waals surface area contributed by atoms with Gasteiger partial charge in [0.2, 0.25) is 0 Å². The Kier molecular flexibility index (Phi) is 4.93. The Morgan fingerprint density at radius 2 is 2.16 bits per heavy atom. The van der Waals surface area contributed by atoms with E-state index in [2.05, 4.69) is 51.9 Å². The third kappa shape index (κ3) is 3.34. The molecule has 0 amide bonds. The molecule has 2 rings (SSSR count). The summed E-state index contributed by atoms with van der Waals surface area (Å²) in [6.07, 6.45) is 0.942. The number of rotatable bonds is 3. The van der Waals surface area contributed by atoms with Crippen LogP contribution in [0.5, 0.6) is 0 Å². The van der Waals surface area contributed by atoms with Gasteiger partial charge in [0.05, 0.1) is 5.71 Å². The van der Waals surface area contributed by atoms with Crippen LogP contribution >= 0.6 is 28.1 Å². The predicted molar refractivity (Wildman–Crippen MR) is 87.5 cm³/mol. The van der Waals surface area contributed by atoms with E-state index in [1.807, 2.05) is 17.1 Å². The van der Waals surface area contributed by atoms with Crippen molar-refractivity contribution in [3.8, 4) is 0 Å². The van der Waals surface area contributed by atoms with Crippen LogP contribution in [0.2, 0.25) is 0 Å². The molecule has 0 bridgehead atoms. The van der Waals surface area contributed by atoms with Crippen LogP contribution in [0.15, 0.2) is 33.8 Å².